The van der Waals surface area contributed by atoms with Gasteiger partial charge in [-0.2, -0.15) is 0 Å². The van der Waals surface area contributed by atoms with Crippen LogP contribution >= 0.6 is 0 Å². The molecular weight excluding hydrogens is 216 g/mol. The van der Waals surface area contributed by atoms with Gasteiger partial charge in [-0.1, -0.05) is 0 Å². The summed E-state index contributed by atoms with van der Waals surface area (Å²) in [5.74, 6) is 0.600. The third-order valence-corrected chi connectivity index (χ3v) is 3.95. The Labute approximate surface area is 91.6 Å². The lowest BCUT2D eigenvalue weighted by Gasteiger charge is -2.10. The van der Waals surface area contributed by atoms with Crippen molar-refractivity contribution in [2.24, 2.45) is 5.92 Å². The van der Waals surface area contributed by atoms with Gasteiger partial charge in [-0.25, -0.2) is 13.1 Å². The van der Waals surface area contributed by atoms with Gasteiger partial charge in [-0.3, -0.25) is 0 Å². The molecule has 5 nitrogen and oxygen atoms in total. The third-order valence-electron chi connectivity index (χ3n) is 2.52. The van der Waals surface area contributed by atoms with Crippen molar-refractivity contribution in [1.82, 2.24) is 10.0 Å². The van der Waals surface area contributed by atoms with Crippen LogP contribution in [-0.4, -0.2) is 47.5 Å². The average Bonchev–Trinajstić information content (AvgIpc) is 2.68. The second kappa shape index (κ2) is 6.42. The Bertz CT molecular complexity index is 261. The molecule has 1 saturated heterocycles. The van der Waals surface area contributed by atoms with Crippen LogP contribution in [0.1, 0.15) is 12.8 Å². The maximum Gasteiger partial charge on any atom is 0.211 e. The van der Waals surface area contributed by atoms with Gasteiger partial charge < -0.3 is 10.1 Å². The van der Waals surface area contributed by atoms with Crippen molar-refractivity contribution < 1.29 is 13.2 Å². The Morgan fingerprint density at radius 3 is 2.93 bits per heavy atom. The lowest BCUT2D eigenvalue weighted by atomic mass is 10.1. The Morgan fingerprint density at radius 2 is 2.33 bits per heavy atom. The fraction of sp³-hybridized carbons (Fsp3) is 1.00. The minimum absolute atomic E-state index is 0.154. The first kappa shape index (κ1) is 12.9. The summed E-state index contributed by atoms with van der Waals surface area (Å²) in [5, 5.41) is 3.21. The van der Waals surface area contributed by atoms with Gasteiger partial charge >= 0.3 is 0 Å². The van der Waals surface area contributed by atoms with Gasteiger partial charge in [0.25, 0.3) is 0 Å². The van der Waals surface area contributed by atoms with Gasteiger partial charge in [-0.15, -0.1) is 0 Å². The first-order valence-corrected chi connectivity index (χ1v) is 6.96. The molecule has 15 heavy (non-hydrogen) atoms. The van der Waals surface area contributed by atoms with Gasteiger partial charge in [0, 0.05) is 20.3 Å². The van der Waals surface area contributed by atoms with E-state index in [0.717, 1.165) is 19.5 Å². The number of ether oxygens (including phenoxy) is 1. The van der Waals surface area contributed by atoms with E-state index in [9.17, 15) is 8.42 Å². The summed E-state index contributed by atoms with van der Waals surface area (Å²) in [6, 6.07) is 0. The van der Waals surface area contributed by atoms with E-state index in [1.54, 1.807) is 7.11 Å². The molecule has 6 heteroatoms. The fourth-order valence-corrected chi connectivity index (χ4v) is 2.73. The molecule has 1 aliphatic rings. The highest BCUT2D eigenvalue weighted by Gasteiger charge is 2.17. The van der Waals surface area contributed by atoms with Crippen LogP contribution in [-0.2, 0) is 14.8 Å². The molecule has 0 aromatic carbocycles. The van der Waals surface area contributed by atoms with Crippen LogP contribution in [0.15, 0.2) is 0 Å². The van der Waals surface area contributed by atoms with Crippen LogP contribution in [0.2, 0.25) is 0 Å². The van der Waals surface area contributed by atoms with Crippen molar-refractivity contribution in [1.29, 1.82) is 0 Å². The zero-order valence-corrected chi connectivity index (χ0v) is 9.98. The molecule has 0 aromatic rings. The van der Waals surface area contributed by atoms with E-state index in [1.807, 2.05) is 0 Å². The van der Waals surface area contributed by atoms with E-state index in [2.05, 4.69) is 10.0 Å². The third kappa shape index (κ3) is 5.46. The standard InChI is InChI=1S/C9H20N2O3S/c1-14-5-2-6-15(12,13)11-8-9-3-4-10-7-9/h9-11H,2-8H2,1H3. The Hall–Kier alpha value is -0.170. The molecule has 1 heterocycles. The van der Waals surface area contributed by atoms with Crippen molar-refractivity contribution >= 4 is 10.0 Å². The van der Waals surface area contributed by atoms with Crippen molar-refractivity contribution in [3.63, 3.8) is 0 Å². The van der Waals surface area contributed by atoms with E-state index in [-0.39, 0.29) is 5.75 Å². The van der Waals surface area contributed by atoms with E-state index < -0.39 is 10.0 Å². The maximum absolute atomic E-state index is 11.5. The number of rotatable bonds is 7. The Balaban J connectivity index is 2.17. The zero-order chi connectivity index (χ0) is 11.1. The zero-order valence-electron chi connectivity index (χ0n) is 9.16. The first-order chi connectivity index (χ1) is 7.14. The molecule has 0 bridgehead atoms. The molecule has 1 rings (SSSR count). The monoisotopic (exact) mass is 236 g/mol. The van der Waals surface area contributed by atoms with Crippen molar-refractivity contribution in [3.05, 3.63) is 0 Å². The molecule has 1 atom stereocenters. The first-order valence-electron chi connectivity index (χ1n) is 5.31. The second-order valence-electron chi connectivity index (χ2n) is 3.87. The van der Waals surface area contributed by atoms with Crippen LogP contribution in [0, 0.1) is 5.92 Å². The topological polar surface area (TPSA) is 67.4 Å². The molecule has 0 amide bonds. The largest absolute Gasteiger partial charge is 0.385 e. The molecule has 1 aliphatic heterocycles. The molecule has 0 spiro atoms. The minimum atomic E-state index is -3.10. The molecular formula is C9H20N2O3S. The van der Waals surface area contributed by atoms with E-state index in [0.29, 0.717) is 25.5 Å². The Morgan fingerprint density at radius 1 is 1.53 bits per heavy atom. The summed E-state index contributed by atoms with van der Waals surface area (Å²) in [6.07, 6.45) is 1.61. The molecule has 0 aromatic heterocycles. The second-order valence-corrected chi connectivity index (χ2v) is 5.80. The summed E-state index contributed by atoms with van der Waals surface area (Å²) in [4.78, 5) is 0. The number of sulfonamides is 1. The van der Waals surface area contributed by atoms with E-state index in [4.69, 9.17) is 4.74 Å². The number of hydrogen-bond acceptors (Lipinski definition) is 4. The molecule has 0 saturated carbocycles. The van der Waals surface area contributed by atoms with Crippen LogP contribution in [0.4, 0.5) is 0 Å². The van der Waals surface area contributed by atoms with Crippen molar-refractivity contribution in [2.45, 2.75) is 12.8 Å². The molecule has 2 N–H and O–H groups in total. The SMILES string of the molecule is COCCCS(=O)(=O)NCC1CCNC1. The highest BCUT2D eigenvalue weighted by atomic mass is 32.2. The molecule has 1 fully saturated rings. The molecule has 0 radical (unpaired) electrons. The van der Waals surface area contributed by atoms with Gasteiger partial charge in [0.1, 0.15) is 0 Å². The fourth-order valence-electron chi connectivity index (χ4n) is 1.60. The summed E-state index contributed by atoms with van der Waals surface area (Å²) in [5.41, 5.74) is 0. The maximum atomic E-state index is 11.5. The molecule has 90 valence electrons. The van der Waals surface area contributed by atoms with Crippen molar-refractivity contribution in [3.8, 4) is 0 Å². The summed E-state index contributed by atoms with van der Waals surface area (Å²) in [7, 11) is -1.53. The summed E-state index contributed by atoms with van der Waals surface area (Å²) in [6.45, 7) is 2.96. The normalized spacial score (nSPS) is 22.1. The molecule has 1 unspecified atom stereocenters. The lowest BCUT2D eigenvalue weighted by Crippen LogP contribution is -2.32. The van der Waals surface area contributed by atoms with E-state index in [1.165, 1.54) is 0 Å². The van der Waals surface area contributed by atoms with E-state index >= 15 is 0 Å². The highest BCUT2D eigenvalue weighted by Crippen LogP contribution is 2.06. The highest BCUT2D eigenvalue weighted by molar-refractivity contribution is 7.89. The van der Waals surface area contributed by atoms with Gasteiger partial charge in [-0.05, 0) is 31.8 Å². The number of methoxy groups -OCH3 is 1. The van der Waals surface area contributed by atoms with Crippen LogP contribution < -0.4 is 10.0 Å². The smallest absolute Gasteiger partial charge is 0.211 e. The average molecular weight is 236 g/mol. The van der Waals surface area contributed by atoms with Gasteiger partial charge in [0.2, 0.25) is 10.0 Å². The van der Waals surface area contributed by atoms with Crippen LogP contribution in [0.3, 0.4) is 0 Å². The predicted molar refractivity (Wildman–Crippen MR) is 59.3 cm³/mol. The number of nitrogens with one attached hydrogen (secondary N) is 2. The van der Waals surface area contributed by atoms with Crippen LogP contribution in [0.5, 0.6) is 0 Å². The molecule has 0 aliphatic carbocycles. The quantitative estimate of drug-likeness (QED) is 0.588. The summed E-state index contributed by atoms with van der Waals surface area (Å²) >= 11 is 0. The summed E-state index contributed by atoms with van der Waals surface area (Å²) < 4.78 is 30.4. The minimum Gasteiger partial charge on any atom is -0.385 e. The van der Waals surface area contributed by atoms with Gasteiger partial charge in [0.15, 0.2) is 0 Å². The lowest BCUT2D eigenvalue weighted by molar-refractivity contribution is 0.199. The number of hydrogen-bond donors (Lipinski definition) is 2. The van der Waals surface area contributed by atoms with Crippen LogP contribution in [0.25, 0.3) is 0 Å². The predicted octanol–water partition coefficient (Wildman–Crippen LogP) is -0.448. The van der Waals surface area contributed by atoms with Gasteiger partial charge in [0.05, 0.1) is 5.75 Å². The van der Waals surface area contributed by atoms with Crippen molar-refractivity contribution in [2.75, 3.05) is 39.1 Å². The Kier molecular flexibility index (Phi) is 5.52.